The number of carbonyl (C=O) groups is 1. The van der Waals surface area contributed by atoms with Gasteiger partial charge in [0.2, 0.25) is 0 Å². The van der Waals surface area contributed by atoms with Crippen molar-refractivity contribution in [1.29, 1.82) is 0 Å². The Kier molecular flexibility index (Phi) is 7.08. The van der Waals surface area contributed by atoms with Crippen LogP contribution in [-0.2, 0) is 4.74 Å². The molecule has 1 amide bonds. The number of ether oxygens (including phenoxy) is 1. The van der Waals surface area contributed by atoms with Crippen LogP contribution in [0, 0.1) is 0 Å². The average Bonchev–Trinajstić information content (AvgIpc) is 2.17. The Bertz CT molecular complexity index is 207. The van der Waals surface area contributed by atoms with E-state index >= 15 is 0 Å². The highest BCUT2D eigenvalue weighted by Gasteiger charge is 2.29. The molecule has 0 spiro atoms. The first-order chi connectivity index (χ1) is 7.44. The molecule has 96 valence electrons. The lowest BCUT2D eigenvalue weighted by molar-refractivity contribution is 0.0175. The quantitative estimate of drug-likeness (QED) is 0.572. The van der Waals surface area contributed by atoms with E-state index in [1.54, 1.807) is 13.8 Å². The van der Waals surface area contributed by atoms with Crippen molar-refractivity contribution in [3.05, 3.63) is 0 Å². The number of aliphatic hydroxyl groups excluding tert-OH is 1. The molecular formula is C11H24N2O3. The van der Waals surface area contributed by atoms with Gasteiger partial charge in [-0.3, -0.25) is 0 Å². The molecule has 1 unspecified atom stereocenters. The molecule has 0 rings (SSSR count). The summed E-state index contributed by atoms with van der Waals surface area (Å²) < 4.78 is 5.24. The summed E-state index contributed by atoms with van der Waals surface area (Å²) in [6.07, 6.45) is 1.82. The van der Waals surface area contributed by atoms with Gasteiger partial charge < -0.3 is 20.9 Å². The van der Waals surface area contributed by atoms with Gasteiger partial charge in [0, 0.05) is 19.2 Å². The van der Waals surface area contributed by atoms with Crippen molar-refractivity contribution in [2.75, 3.05) is 13.2 Å². The standard InChI is InChI=1S/C11H24N2O3/c1-4-6-9(12)11(2,3)16-10(15)13-7-5-8-14/h9,14H,4-8,12H2,1-3H3,(H,13,15). The van der Waals surface area contributed by atoms with Crippen LogP contribution in [0.1, 0.15) is 40.0 Å². The van der Waals surface area contributed by atoms with Crippen LogP contribution in [0.3, 0.4) is 0 Å². The molecule has 0 saturated heterocycles. The highest BCUT2D eigenvalue weighted by atomic mass is 16.6. The Hall–Kier alpha value is -0.810. The summed E-state index contributed by atoms with van der Waals surface area (Å²) in [5.74, 6) is 0. The summed E-state index contributed by atoms with van der Waals surface area (Å²) in [6, 6.07) is -0.166. The van der Waals surface area contributed by atoms with E-state index in [1.807, 2.05) is 6.92 Å². The molecule has 0 aliphatic carbocycles. The van der Waals surface area contributed by atoms with Gasteiger partial charge in [-0.15, -0.1) is 0 Å². The summed E-state index contributed by atoms with van der Waals surface area (Å²) >= 11 is 0. The van der Waals surface area contributed by atoms with Crippen LogP contribution in [0.4, 0.5) is 4.79 Å². The van der Waals surface area contributed by atoms with Gasteiger partial charge in [0.15, 0.2) is 0 Å². The smallest absolute Gasteiger partial charge is 0.407 e. The SMILES string of the molecule is CCCC(N)C(C)(C)OC(=O)NCCCO. The maximum absolute atomic E-state index is 11.4. The van der Waals surface area contributed by atoms with Gasteiger partial charge in [-0.25, -0.2) is 4.79 Å². The highest BCUT2D eigenvalue weighted by molar-refractivity contribution is 5.67. The molecule has 0 saturated carbocycles. The zero-order valence-electron chi connectivity index (χ0n) is 10.5. The van der Waals surface area contributed by atoms with Crippen LogP contribution >= 0.6 is 0 Å². The molecule has 0 fully saturated rings. The summed E-state index contributed by atoms with van der Waals surface area (Å²) in [6.45, 7) is 6.11. The van der Waals surface area contributed by atoms with Gasteiger partial charge in [0.25, 0.3) is 0 Å². The molecule has 0 heterocycles. The minimum Gasteiger partial charge on any atom is -0.442 e. The Morgan fingerprint density at radius 3 is 2.69 bits per heavy atom. The van der Waals surface area contributed by atoms with Crippen molar-refractivity contribution in [3.8, 4) is 0 Å². The lowest BCUT2D eigenvalue weighted by Crippen LogP contribution is -2.48. The normalized spacial score (nSPS) is 13.3. The van der Waals surface area contributed by atoms with Gasteiger partial charge in [0.05, 0.1) is 0 Å². The number of nitrogens with one attached hydrogen (secondary N) is 1. The first-order valence-electron chi connectivity index (χ1n) is 5.77. The Balaban J connectivity index is 3.99. The molecule has 0 bridgehead atoms. The van der Waals surface area contributed by atoms with E-state index in [4.69, 9.17) is 15.6 Å². The molecule has 5 nitrogen and oxygen atoms in total. The van der Waals surface area contributed by atoms with Crippen molar-refractivity contribution in [1.82, 2.24) is 5.32 Å². The van der Waals surface area contributed by atoms with Crippen LogP contribution in [0.2, 0.25) is 0 Å². The second kappa shape index (κ2) is 7.46. The minimum absolute atomic E-state index is 0.0546. The summed E-state index contributed by atoms with van der Waals surface area (Å²) in [7, 11) is 0. The molecule has 0 aliphatic heterocycles. The van der Waals surface area contributed by atoms with Crippen molar-refractivity contribution < 1.29 is 14.6 Å². The van der Waals surface area contributed by atoms with Crippen molar-refractivity contribution >= 4 is 6.09 Å². The number of rotatable bonds is 7. The molecule has 0 aromatic rings. The maximum atomic E-state index is 11.4. The van der Waals surface area contributed by atoms with Crippen molar-refractivity contribution in [2.24, 2.45) is 5.73 Å². The monoisotopic (exact) mass is 232 g/mol. The van der Waals surface area contributed by atoms with Crippen molar-refractivity contribution in [3.63, 3.8) is 0 Å². The second-order valence-corrected chi connectivity index (χ2v) is 4.39. The summed E-state index contributed by atoms with van der Waals surface area (Å²) in [5.41, 5.74) is 5.25. The van der Waals surface area contributed by atoms with Gasteiger partial charge in [-0.2, -0.15) is 0 Å². The Morgan fingerprint density at radius 2 is 2.19 bits per heavy atom. The molecule has 16 heavy (non-hydrogen) atoms. The van der Waals surface area contributed by atoms with E-state index in [2.05, 4.69) is 5.32 Å². The molecule has 0 radical (unpaired) electrons. The predicted octanol–water partition coefficient (Wildman–Crippen LogP) is 1.00. The van der Waals surface area contributed by atoms with E-state index in [0.717, 1.165) is 12.8 Å². The first kappa shape index (κ1) is 15.2. The van der Waals surface area contributed by atoms with Crippen LogP contribution in [-0.4, -0.2) is 36.0 Å². The van der Waals surface area contributed by atoms with Crippen LogP contribution < -0.4 is 11.1 Å². The van der Waals surface area contributed by atoms with Crippen LogP contribution in [0.25, 0.3) is 0 Å². The maximum Gasteiger partial charge on any atom is 0.407 e. The zero-order chi connectivity index (χ0) is 12.6. The number of carbonyl (C=O) groups excluding carboxylic acids is 1. The molecule has 5 heteroatoms. The number of nitrogens with two attached hydrogens (primary N) is 1. The highest BCUT2D eigenvalue weighted by Crippen LogP contribution is 2.17. The topological polar surface area (TPSA) is 84.6 Å². The van der Waals surface area contributed by atoms with E-state index < -0.39 is 11.7 Å². The third kappa shape index (κ3) is 5.92. The van der Waals surface area contributed by atoms with Crippen LogP contribution in [0.15, 0.2) is 0 Å². The largest absolute Gasteiger partial charge is 0.442 e. The van der Waals surface area contributed by atoms with Crippen LogP contribution in [0.5, 0.6) is 0 Å². The van der Waals surface area contributed by atoms with Gasteiger partial charge in [-0.05, 0) is 26.7 Å². The fourth-order valence-corrected chi connectivity index (χ4v) is 1.28. The fraction of sp³-hybridized carbons (Fsp3) is 0.909. The Morgan fingerprint density at radius 1 is 1.56 bits per heavy atom. The minimum atomic E-state index is -0.667. The van der Waals surface area contributed by atoms with Gasteiger partial charge in [0.1, 0.15) is 5.60 Å². The Labute approximate surface area is 97.3 Å². The number of amides is 1. The van der Waals surface area contributed by atoms with E-state index in [9.17, 15) is 4.79 Å². The van der Waals surface area contributed by atoms with E-state index in [-0.39, 0.29) is 12.6 Å². The first-order valence-corrected chi connectivity index (χ1v) is 5.77. The van der Waals surface area contributed by atoms with Gasteiger partial charge in [-0.1, -0.05) is 13.3 Å². The number of hydrogen-bond donors (Lipinski definition) is 3. The van der Waals surface area contributed by atoms with Crippen molar-refractivity contribution in [2.45, 2.75) is 51.7 Å². The van der Waals surface area contributed by atoms with Gasteiger partial charge >= 0.3 is 6.09 Å². The number of aliphatic hydroxyl groups is 1. The summed E-state index contributed by atoms with van der Waals surface area (Å²) in [5, 5.41) is 11.1. The van der Waals surface area contributed by atoms with E-state index in [0.29, 0.717) is 13.0 Å². The molecule has 4 N–H and O–H groups in total. The second-order valence-electron chi connectivity index (χ2n) is 4.39. The molecule has 0 aromatic heterocycles. The molecule has 0 aromatic carbocycles. The van der Waals surface area contributed by atoms with E-state index in [1.165, 1.54) is 0 Å². The molecular weight excluding hydrogens is 208 g/mol. The lowest BCUT2D eigenvalue weighted by Gasteiger charge is -2.31. The molecule has 1 atom stereocenters. The third-order valence-corrected chi connectivity index (χ3v) is 2.45. The molecule has 0 aliphatic rings. The number of hydrogen-bond acceptors (Lipinski definition) is 4. The summed E-state index contributed by atoms with van der Waals surface area (Å²) in [4.78, 5) is 11.4. The average molecular weight is 232 g/mol. The predicted molar refractivity (Wildman–Crippen MR) is 63.1 cm³/mol. The third-order valence-electron chi connectivity index (χ3n) is 2.45. The fourth-order valence-electron chi connectivity index (χ4n) is 1.28. The number of alkyl carbamates (subject to hydrolysis) is 1. The zero-order valence-corrected chi connectivity index (χ0v) is 10.5. The lowest BCUT2D eigenvalue weighted by atomic mass is 9.95.